The first-order valence-corrected chi connectivity index (χ1v) is 2.65. The van der Waals surface area contributed by atoms with Gasteiger partial charge in [-0.15, -0.1) is 0 Å². The molecule has 0 bridgehead atoms. The Kier molecular flexibility index (Phi) is 31.1. The van der Waals surface area contributed by atoms with Gasteiger partial charge in [-0.3, -0.25) is 0 Å². The van der Waals surface area contributed by atoms with Gasteiger partial charge in [0, 0.05) is 65.4 Å². The minimum Gasteiger partial charge on any atom is -0.411 e. The zero-order chi connectivity index (χ0) is 6.24. The van der Waals surface area contributed by atoms with Gasteiger partial charge in [-0.2, -0.15) is 0 Å². The van der Waals surface area contributed by atoms with Crippen LogP contribution in [0.25, 0.3) is 0 Å². The van der Waals surface area contributed by atoms with Crippen LogP contribution in [0.5, 0.6) is 0 Å². The van der Waals surface area contributed by atoms with Gasteiger partial charge in [-0.25, -0.2) is 0 Å². The zero-order valence-corrected chi connectivity index (χ0v) is 11.9. The number of ether oxygens (including phenoxy) is 2. The third-order valence-corrected chi connectivity index (χ3v) is 0.661. The molecule has 4 heteroatoms. The Hall–Kier alpha value is 2.13. The van der Waals surface area contributed by atoms with Gasteiger partial charge in [0.1, 0.15) is 0 Å². The molecule has 0 aromatic carbocycles. The van der Waals surface area contributed by atoms with E-state index in [0.717, 1.165) is 0 Å². The first-order valence-electron chi connectivity index (χ1n) is 2.65. The SMILES string of the molecule is [CH2-]COCCOC[CH2-].[Y].[Y]. The Labute approximate surface area is 114 Å². The number of rotatable bonds is 5. The molecule has 56 valence electrons. The van der Waals surface area contributed by atoms with Gasteiger partial charge >= 0.3 is 0 Å². The fourth-order valence-corrected chi connectivity index (χ4v) is 0.322. The third kappa shape index (κ3) is 16.6. The van der Waals surface area contributed by atoms with Crippen LogP contribution in [0.2, 0.25) is 0 Å². The van der Waals surface area contributed by atoms with Crippen LogP contribution in [0.15, 0.2) is 0 Å². The van der Waals surface area contributed by atoms with Crippen LogP contribution in [0.4, 0.5) is 0 Å². The molecule has 0 saturated heterocycles. The van der Waals surface area contributed by atoms with Crippen molar-refractivity contribution in [2.45, 2.75) is 0 Å². The van der Waals surface area contributed by atoms with E-state index in [1.807, 2.05) is 0 Å². The average molecular weight is 294 g/mol. The Morgan fingerprint density at radius 3 is 1.30 bits per heavy atom. The molecular formula is C6H12O2Y2-2. The summed E-state index contributed by atoms with van der Waals surface area (Å²) < 4.78 is 9.74. The molecule has 0 amide bonds. The van der Waals surface area contributed by atoms with Crippen LogP contribution in [0.1, 0.15) is 0 Å². The fourth-order valence-electron chi connectivity index (χ4n) is 0.322. The van der Waals surface area contributed by atoms with Crippen molar-refractivity contribution in [2.24, 2.45) is 0 Å². The van der Waals surface area contributed by atoms with Gasteiger partial charge in [-0.1, -0.05) is 13.2 Å². The molecule has 0 atom stereocenters. The van der Waals surface area contributed by atoms with Crippen LogP contribution < -0.4 is 0 Å². The van der Waals surface area contributed by atoms with E-state index in [9.17, 15) is 0 Å². The predicted molar refractivity (Wildman–Crippen MR) is 32.4 cm³/mol. The van der Waals surface area contributed by atoms with Crippen LogP contribution in [0, 0.1) is 13.8 Å². The topological polar surface area (TPSA) is 18.5 Å². The van der Waals surface area contributed by atoms with Gasteiger partial charge < -0.3 is 23.3 Å². The van der Waals surface area contributed by atoms with Crippen LogP contribution >= 0.6 is 0 Å². The van der Waals surface area contributed by atoms with Gasteiger partial charge in [0.15, 0.2) is 0 Å². The maximum Gasteiger partial charge on any atom is 0.0663 e. The number of hydrogen-bond donors (Lipinski definition) is 0. The van der Waals surface area contributed by atoms with Crippen molar-refractivity contribution in [1.29, 1.82) is 0 Å². The molecule has 0 aliphatic rings. The van der Waals surface area contributed by atoms with Crippen molar-refractivity contribution in [3.8, 4) is 0 Å². The monoisotopic (exact) mass is 294 g/mol. The van der Waals surface area contributed by atoms with Gasteiger partial charge in [0.05, 0.1) is 13.2 Å². The molecule has 2 nitrogen and oxygen atoms in total. The Morgan fingerprint density at radius 1 is 0.800 bits per heavy atom. The predicted octanol–water partition coefficient (Wildman–Crippen LogP) is 0.683. The van der Waals surface area contributed by atoms with Crippen LogP contribution in [-0.4, -0.2) is 26.4 Å². The first kappa shape index (κ1) is 18.0. The average Bonchev–Trinajstić information content (AvgIpc) is 1.81. The van der Waals surface area contributed by atoms with E-state index in [1.54, 1.807) is 0 Å². The fraction of sp³-hybridized carbons (Fsp3) is 0.667. The molecule has 0 aliphatic heterocycles. The maximum atomic E-state index is 4.87. The van der Waals surface area contributed by atoms with Crippen molar-refractivity contribution < 1.29 is 74.9 Å². The summed E-state index contributed by atoms with van der Waals surface area (Å²) in [5.41, 5.74) is 0. The molecule has 0 unspecified atom stereocenters. The summed E-state index contributed by atoms with van der Waals surface area (Å²) in [4.78, 5) is 0. The molecule has 0 spiro atoms. The van der Waals surface area contributed by atoms with E-state index in [2.05, 4.69) is 13.8 Å². The molecule has 0 aromatic rings. The van der Waals surface area contributed by atoms with E-state index in [0.29, 0.717) is 26.4 Å². The number of hydrogen-bond acceptors (Lipinski definition) is 2. The summed E-state index contributed by atoms with van der Waals surface area (Å²) >= 11 is 0. The van der Waals surface area contributed by atoms with Crippen molar-refractivity contribution >= 4 is 0 Å². The molecule has 0 heterocycles. The van der Waals surface area contributed by atoms with E-state index in [1.165, 1.54) is 0 Å². The van der Waals surface area contributed by atoms with Crippen molar-refractivity contribution in [3.05, 3.63) is 13.8 Å². The first-order chi connectivity index (χ1) is 3.91. The summed E-state index contributed by atoms with van der Waals surface area (Å²) in [6.07, 6.45) is 0. The maximum absolute atomic E-state index is 4.87. The summed E-state index contributed by atoms with van der Waals surface area (Å²) in [7, 11) is 0. The van der Waals surface area contributed by atoms with E-state index < -0.39 is 0 Å². The second kappa shape index (κ2) is 17.3. The van der Waals surface area contributed by atoms with Gasteiger partial charge in [0.2, 0.25) is 0 Å². The smallest absolute Gasteiger partial charge is 0.0663 e. The normalized spacial score (nSPS) is 7.80. The van der Waals surface area contributed by atoms with Crippen molar-refractivity contribution in [2.75, 3.05) is 26.4 Å². The van der Waals surface area contributed by atoms with E-state index >= 15 is 0 Å². The Balaban J connectivity index is -0.000000245. The van der Waals surface area contributed by atoms with Crippen molar-refractivity contribution in [1.82, 2.24) is 0 Å². The molecule has 0 aliphatic carbocycles. The van der Waals surface area contributed by atoms with Crippen LogP contribution in [-0.2, 0) is 74.9 Å². The summed E-state index contributed by atoms with van der Waals surface area (Å²) in [6, 6.07) is 0. The molecule has 0 N–H and O–H groups in total. The zero-order valence-electron chi connectivity index (χ0n) is 6.21. The molecule has 0 rings (SSSR count). The summed E-state index contributed by atoms with van der Waals surface area (Å²) in [5.74, 6) is 0. The molecule has 0 fully saturated rings. The quantitative estimate of drug-likeness (QED) is 0.548. The standard InChI is InChI=1S/C6H12O2.2Y/c1-3-7-5-6-8-4-2;;/h1-6H2;;/q-2;;. The van der Waals surface area contributed by atoms with Crippen LogP contribution in [0.3, 0.4) is 0 Å². The Bertz CT molecular complexity index is 38.7. The van der Waals surface area contributed by atoms with Gasteiger partial charge in [-0.05, 0) is 0 Å². The molecular weight excluding hydrogens is 282 g/mol. The van der Waals surface area contributed by atoms with E-state index in [4.69, 9.17) is 9.47 Å². The molecule has 0 saturated carbocycles. The summed E-state index contributed by atoms with van der Waals surface area (Å²) in [5, 5.41) is 0. The minimum atomic E-state index is 0. The second-order valence-electron chi connectivity index (χ2n) is 1.22. The molecule has 0 aromatic heterocycles. The third-order valence-electron chi connectivity index (χ3n) is 0.661. The molecule has 2 radical (unpaired) electrons. The van der Waals surface area contributed by atoms with E-state index in [-0.39, 0.29) is 65.4 Å². The van der Waals surface area contributed by atoms with Gasteiger partial charge in [0.25, 0.3) is 0 Å². The minimum absolute atomic E-state index is 0. The largest absolute Gasteiger partial charge is 0.411 e. The van der Waals surface area contributed by atoms with Crippen molar-refractivity contribution in [3.63, 3.8) is 0 Å². The molecule has 10 heavy (non-hydrogen) atoms. The summed E-state index contributed by atoms with van der Waals surface area (Å²) in [6.45, 7) is 9.26. The second-order valence-corrected chi connectivity index (χ2v) is 1.22. The Morgan fingerprint density at radius 2 is 1.10 bits per heavy atom.